The van der Waals surface area contributed by atoms with Gasteiger partial charge in [-0.25, -0.2) is 9.37 Å². The summed E-state index contributed by atoms with van der Waals surface area (Å²) in [5.41, 5.74) is 1.30. The van der Waals surface area contributed by atoms with Crippen LogP contribution in [-0.2, 0) is 4.79 Å². The fourth-order valence-corrected chi connectivity index (χ4v) is 3.50. The Kier molecular flexibility index (Phi) is 11.4. The van der Waals surface area contributed by atoms with Gasteiger partial charge in [-0.2, -0.15) is 0 Å². The van der Waals surface area contributed by atoms with Crippen molar-refractivity contribution >= 4 is 32.7 Å². The van der Waals surface area contributed by atoms with Crippen LogP contribution in [0.4, 0.5) is 4.39 Å². The molecule has 1 aromatic carbocycles. The molecule has 0 unspecified atom stereocenters. The Morgan fingerprint density at radius 1 is 1.16 bits per heavy atom. The molecule has 0 atom stereocenters. The lowest BCUT2D eigenvalue weighted by molar-refractivity contribution is -0.119. The number of hydrogen-bond donors (Lipinski definition) is 1. The van der Waals surface area contributed by atoms with Crippen molar-refractivity contribution < 1.29 is 13.9 Å². The number of benzene rings is 1. The number of nitrogens with zero attached hydrogens (tertiary/aromatic N) is 1. The highest BCUT2D eigenvalue weighted by molar-refractivity contribution is 9.10. The van der Waals surface area contributed by atoms with Crippen molar-refractivity contribution in [1.29, 1.82) is 0 Å². The normalized spacial score (nSPS) is 12.4. The van der Waals surface area contributed by atoms with Crippen LogP contribution in [0.15, 0.2) is 58.4 Å². The summed E-state index contributed by atoms with van der Waals surface area (Å²) in [7, 11) is 0. The van der Waals surface area contributed by atoms with Crippen LogP contribution < -0.4 is 10.1 Å². The molecule has 0 saturated heterocycles. The highest BCUT2D eigenvalue weighted by Gasteiger charge is 2.10. The largest absolute Gasteiger partial charge is 0.478 e. The van der Waals surface area contributed by atoms with E-state index >= 15 is 0 Å². The van der Waals surface area contributed by atoms with E-state index in [4.69, 9.17) is 4.74 Å². The number of rotatable bonds is 13. The molecule has 0 fully saturated rings. The Hall–Kier alpha value is -2.21. The van der Waals surface area contributed by atoms with Gasteiger partial charge in [-0.3, -0.25) is 4.79 Å². The number of amides is 1. The van der Waals surface area contributed by atoms with E-state index in [1.54, 1.807) is 13.0 Å². The van der Waals surface area contributed by atoms with Gasteiger partial charge in [-0.05, 0) is 61.9 Å². The molecule has 0 aliphatic rings. The first-order valence-corrected chi connectivity index (χ1v) is 12.2. The third kappa shape index (κ3) is 9.51. The van der Waals surface area contributed by atoms with E-state index < -0.39 is 11.7 Å². The molecule has 0 saturated carbocycles. The van der Waals surface area contributed by atoms with Gasteiger partial charge in [-0.15, -0.1) is 0 Å². The SMILES string of the molecule is CC(/C=C/CCCCCCCOc1ccc2cc(Br)ccc2n1)=C(/F)C(=O)NCC(C)C. The van der Waals surface area contributed by atoms with Crippen LogP contribution in [0.2, 0.25) is 0 Å². The van der Waals surface area contributed by atoms with Crippen LogP contribution in [-0.4, -0.2) is 24.0 Å². The lowest BCUT2D eigenvalue weighted by Gasteiger charge is -2.07. The van der Waals surface area contributed by atoms with E-state index in [2.05, 4.69) is 26.2 Å². The number of allylic oxidation sites excluding steroid dienone is 3. The smallest absolute Gasteiger partial charge is 0.280 e. The summed E-state index contributed by atoms with van der Waals surface area (Å²) in [6.07, 6.45) is 9.93. The standard InChI is InChI=1S/C26H34BrFN2O2/c1-19(2)18-29-26(31)25(28)20(3)11-9-7-5-4-6-8-10-16-32-24-15-12-21-17-22(27)13-14-23(21)30-24/h9,11-15,17,19H,4-8,10,16,18H2,1-3H3,(H,29,31)/b11-9+,25-20-. The molecule has 1 amide bonds. The Labute approximate surface area is 199 Å². The zero-order chi connectivity index (χ0) is 23.3. The maximum atomic E-state index is 14.0. The number of carbonyl (C=O) groups excluding carboxylic acids is 1. The quantitative estimate of drug-likeness (QED) is 0.177. The summed E-state index contributed by atoms with van der Waals surface area (Å²) >= 11 is 3.47. The topological polar surface area (TPSA) is 51.2 Å². The summed E-state index contributed by atoms with van der Waals surface area (Å²) in [6, 6.07) is 9.94. The van der Waals surface area contributed by atoms with Crippen molar-refractivity contribution in [1.82, 2.24) is 10.3 Å². The highest BCUT2D eigenvalue weighted by Crippen LogP contribution is 2.21. The maximum absolute atomic E-state index is 14.0. The minimum absolute atomic E-state index is 0.298. The molecule has 1 N–H and O–H groups in total. The molecular formula is C26H34BrFN2O2. The summed E-state index contributed by atoms with van der Waals surface area (Å²) in [5, 5.41) is 3.68. The number of halogens is 2. The number of unbranched alkanes of at least 4 members (excludes halogenated alkanes) is 5. The van der Waals surface area contributed by atoms with Gasteiger partial charge < -0.3 is 10.1 Å². The number of pyridine rings is 1. The van der Waals surface area contributed by atoms with Crippen molar-refractivity contribution in [2.45, 2.75) is 59.3 Å². The highest BCUT2D eigenvalue weighted by atomic mass is 79.9. The molecular weight excluding hydrogens is 471 g/mol. The summed E-state index contributed by atoms with van der Waals surface area (Å²) in [4.78, 5) is 16.2. The molecule has 0 radical (unpaired) electrons. The predicted molar refractivity (Wildman–Crippen MR) is 133 cm³/mol. The number of carbonyl (C=O) groups is 1. The van der Waals surface area contributed by atoms with Crippen molar-refractivity contribution in [2.75, 3.05) is 13.2 Å². The van der Waals surface area contributed by atoms with Crippen LogP contribution in [0.1, 0.15) is 59.3 Å². The predicted octanol–water partition coefficient (Wildman–Crippen LogP) is 7.29. The van der Waals surface area contributed by atoms with E-state index in [9.17, 15) is 9.18 Å². The second-order valence-electron chi connectivity index (χ2n) is 8.39. The lowest BCUT2D eigenvalue weighted by Crippen LogP contribution is -2.27. The molecule has 4 nitrogen and oxygen atoms in total. The molecule has 6 heteroatoms. The molecule has 0 aliphatic heterocycles. The number of ether oxygens (including phenoxy) is 1. The average molecular weight is 505 g/mol. The zero-order valence-electron chi connectivity index (χ0n) is 19.3. The van der Waals surface area contributed by atoms with E-state index in [0.717, 1.165) is 53.9 Å². The van der Waals surface area contributed by atoms with Gasteiger partial charge in [0.25, 0.3) is 5.91 Å². The molecule has 0 bridgehead atoms. The van der Waals surface area contributed by atoms with Crippen molar-refractivity contribution in [3.8, 4) is 5.88 Å². The first kappa shape index (κ1) is 26.0. The number of fused-ring (bicyclic) bond motifs is 1. The minimum atomic E-state index is -0.698. The van der Waals surface area contributed by atoms with Gasteiger partial charge in [0.05, 0.1) is 12.1 Å². The van der Waals surface area contributed by atoms with Crippen LogP contribution in [0.3, 0.4) is 0 Å². The molecule has 174 valence electrons. The lowest BCUT2D eigenvalue weighted by atomic mass is 10.1. The minimum Gasteiger partial charge on any atom is -0.478 e. The van der Waals surface area contributed by atoms with E-state index in [1.807, 2.05) is 50.3 Å². The van der Waals surface area contributed by atoms with Crippen LogP contribution in [0.25, 0.3) is 10.9 Å². The Bertz CT molecular complexity index is 941. The maximum Gasteiger partial charge on any atom is 0.280 e. The van der Waals surface area contributed by atoms with E-state index in [-0.39, 0.29) is 0 Å². The van der Waals surface area contributed by atoms with Gasteiger partial charge in [-0.1, -0.05) is 61.2 Å². The van der Waals surface area contributed by atoms with Crippen molar-refractivity contribution in [3.63, 3.8) is 0 Å². The third-order valence-electron chi connectivity index (χ3n) is 4.98. The van der Waals surface area contributed by atoms with Gasteiger partial charge >= 0.3 is 0 Å². The average Bonchev–Trinajstić information content (AvgIpc) is 2.77. The second kappa shape index (κ2) is 14.0. The fraction of sp³-hybridized carbons (Fsp3) is 0.462. The number of hydrogen-bond acceptors (Lipinski definition) is 3. The van der Waals surface area contributed by atoms with Crippen LogP contribution in [0, 0.1) is 5.92 Å². The molecule has 0 spiro atoms. The first-order chi connectivity index (χ1) is 15.4. The molecule has 1 aromatic heterocycles. The third-order valence-corrected chi connectivity index (χ3v) is 5.47. The van der Waals surface area contributed by atoms with E-state index in [1.165, 1.54) is 0 Å². The molecule has 1 heterocycles. The molecule has 2 aromatic rings. The Balaban J connectivity index is 1.56. The summed E-state index contributed by atoms with van der Waals surface area (Å²) < 4.78 is 20.8. The number of nitrogens with one attached hydrogen (secondary N) is 1. The summed E-state index contributed by atoms with van der Waals surface area (Å²) in [6.45, 7) is 6.72. The van der Waals surface area contributed by atoms with Crippen molar-refractivity contribution in [3.05, 3.63) is 58.4 Å². The molecule has 2 rings (SSSR count). The monoisotopic (exact) mass is 504 g/mol. The second-order valence-corrected chi connectivity index (χ2v) is 9.31. The Morgan fingerprint density at radius 3 is 2.69 bits per heavy atom. The van der Waals surface area contributed by atoms with Gasteiger partial charge in [0.2, 0.25) is 5.88 Å². The molecule has 0 aliphatic carbocycles. The van der Waals surface area contributed by atoms with Crippen LogP contribution >= 0.6 is 15.9 Å². The Morgan fingerprint density at radius 2 is 1.91 bits per heavy atom. The van der Waals surface area contributed by atoms with Gasteiger partial charge in [0.1, 0.15) is 0 Å². The van der Waals surface area contributed by atoms with Crippen LogP contribution in [0.5, 0.6) is 5.88 Å². The molecule has 32 heavy (non-hydrogen) atoms. The van der Waals surface area contributed by atoms with Gasteiger partial charge in [0, 0.05) is 22.5 Å². The first-order valence-electron chi connectivity index (χ1n) is 11.4. The van der Waals surface area contributed by atoms with Crippen molar-refractivity contribution in [2.24, 2.45) is 5.92 Å². The number of aromatic nitrogens is 1. The summed E-state index contributed by atoms with van der Waals surface area (Å²) in [5.74, 6) is -0.364. The zero-order valence-corrected chi connectivity index (χ0v) is 20.9. The van der Waals surface area contributed by atoms with E-state index in [0.29, 0.717) is 30.5 Å². The fourth-order valence-electron chi connectivity index (χ4n) is 3.12. The van der Waals surface area contributed by atoms with Gasteiger partial charge in [0.15, 0.2) is 5.83 Å².